The Morgan fingerprint density at radius 3 is 1.62 bits per heavy atom. The monoisotopic (exact) mass is 354 g/mol. The van der Waals surface area contributed by atoms with Crippen molar-refractivity contribution in [3.63, 3.8) is 0 Å². The minimum absolute atomic E-state index is 0.918. The third-order valence-electron chi connectivity index (χ3n) is 2.71. The molecular weight excluding hydrogens is 345 g/mol. The van der Waals surface area contributed by atoms with Crippen molar-refractivity contribution < 1.29 is 24.6 Å². The molecule has 1 aliphatic rings. The molecule has 58 valence electrons. The number of fused-ring (bicyclic) bond motifs is 3. The molecule has 1 aliphatic heterocycles. The van der Waals surface area contributed by atoms with Crippen LogP contribution in [0.25, 0.3) is 11.1 Å². The average Bonchev–Trinajstić information content (AvgIpc) is 2.56. The summed E-state index contributed by atoms with van der Waals surface area (Å²) in [5.41, 5.74) is 3.03. The summed E-state index contributed by atoms with van der Waals surface area (Å²) in [5, 5.41) is 0. The Morgan fingerprint density at radius 1 is 0.615 bits per heavy atom. The van der Waals surface area contributed by atoms with E-state index in [9.17, 15) is 0 Å². The van der Waals surface area contributed by atoms with Gasteiger partial charge in [-0.25, -0.2) is 0 Å². The first-order valence-corrected chi connectivity index (χ1v) is 10.1. The van der Waals surface area contributed by atoms with Gasteiger partial charge in [0.25, 0.3) is 0 Å². The summed E-state index contributed by atoms with van der Waals surface area (Å²) in [6, 6.07) is 17.8. The summed E-state index contributed by atoms with van der Waals surface area (Å²) < 4.78 is 3.37. The van der Waals surface area contributed by atoms with Crippen molar-refractivity contribution in [1.29, 1.82) is 0 Å². The first-order valence-electron chi connectivity index (χ1n) is 4.61. The first kappa shape index (κ1) is 7.75. The predicted octanol–water partition coefficient (Wildman–Crippen LogP) is 1.70. The molecule has 0 atom stereocenters. The van der Waals surface area contributed by atoms with Crippen LogP contribution in [0.5, 0.6) is 0 Å². The van der Waals surface area contributed by atoms with Crippen LogP contribution in [0.1, 0.15) is 0 Å². The SMILES string of the molecule is c1ccc2[c](c1)[Hg][c]1ccccc1-2. The van der Waals surface area contributed by atoms with Crippen LogP contribution in [0.15, 0.2) is 48.5 Å². The van der Waals surface area contributed by atoms with Gasteiger partial charge in [0, 0.05) is 0 Å². The number of rotatable bonds is 0. The molecule has 0 aliphatic carbocycles. The van der Waals surface area contributed by atoms with Crippen LogP contribution in [-0.4, -0.2) is 0 Å². The molecule has 0 bridgehead atoms. The van der Waals surface area contributed by atoms with Gasteiger partial charge in [0.15, 0.2) is 0 Å². The standard InChI is InChI=1S/C12H8.Hg/c1-3-7-11(8-4-1)12-9-5-2-6-10-12;/h1-7,9H;. The summed E-state index contributed by atoms with van der Waals surface area (Å²) in [5.74, 6) is 0. The number of hydrogen-bond acceptors (Lipinski definition) is 0. The van der Waals surface area contributed by atoms with Crippen molar-refractivity contribution in [3.8, 4) is 11.1 Å². The molecular formula is C12H8Hg. The van der Waals surface area contributed by atoms with Crippen LogP contribution in [-0.2, 0) is 24.6 Å². The molecule has 0 radical (unpaired) electrons. The molecule has 13 heavy (non-hydrogen) atoms. The fourth-order valence-corrected chi connectivity index (χ4v) is 9.53. The molecule has 0 nitrogen and oxygen atoms in total. The summed E-state index contributed by atoms with van der Waals surface area (Å²) in [6.07, 6.45) is 0. The van der Waals surface area contributed by atoms with Gasteiger partial charge in [0.2, 0.25) is 0 Å². The molecule has 0 saturated heterocycles. The Morgan fingerprint density at radius 2 is 1.08 bits per heavy atom. The van der Waals surface area contributed by atoms with Crippen molar-refractivity contribution in [2.24, 2.45) is 0 Å². The van der Waals surface area contributed by atoms with Gasteiger partial charge in [-0.1, -0.05) is 0 Å². The van der Waals surface area contributed by atoms with Gasteiger partial charge >= 0.3 is 90.4 Å². The number of hydrogen-bond donors (Lipinski definition) is 0. The van der Waals surface area contributed by atoms with Crippen molar-refractivity contribution in [2.75, 3.05) is 0 Å². The van der Waals surface area contributed by atoms with Crippen molar-refractivity contribution in [2.45, 2.75) is 0 Å². The van der Waals surface area contributed by atoms with E-state index in [-0.39, 0.29) is 0 Å². The van der Waals surface area contributed by atoms with Crippen LogP contribution >= 0.6 is 0 Å². The van der Waals surface area contributed by atoms with Gasteiger partial charge in [0.05, 0.1) is 0 Å². The van der Waals surface area contributed by atoms with E-state index >= 15 is 0 Å². The maximum absolute atomic E-state index is 2.32. The van der Waals surface area contributed by atoms with Crippen molar-refractivity contribution in [3.05, 3.63) is 48.5 Å². The Labute approximate surface area is 90.0 Å². The van der Waals surface area contributed by atoms with Crippen LogP contribution in [0.2, 0.25) is 0 Å². The van der Waals surface area contributed by atoms with Gasteiger partial charge in [-0.2, -0.15) is 0 Å². The molecule has 0 fully saturated rings. The zero-order valence-electron chi connectivity index (χ0n) is 7.33. The summed E-state index contributed by atoms with van der Waals surface area (Å²) >= 11 is -0.918. The first-order chi connectivity index (χ1) is 6.45. The van der Waals surface area contributed by atoms with Gasteiger partial charge in [-0.3, -0.25) is 0 Å². The minimum atomic E-state index is -0.918. The van der Waals surface area contributed by atoms with Crippen LogP contribution in [0.4, 0.5) is 0 Å². The third-order valence-corrected chi connectivity index (χ3v) is 10.5. The molecule has 1 heterocycles. The van der Waals surface area contributed by atoms with Crippen molar-refractivity contribution >= 4 is 6.14 Å². The molecule has 0 N–H and O–H groups in total. The second-order valence-electron chi connectivity index (χ2n) is 3.49. The van der Waals surface area contributed by atoms with Crippen LogP contribution in [0.3, 0.4) is 0 Å². The second kappa shape index (κ2) is 2.95. The Hall–Kier alpha value is -0.625. The fourth-order valence-electron chi connectivity index (χ4n) is 2.08. The summed E-state index contributed by atoms with van der Waals surface area (Å²) in [4.78, 5) is 0. The molecule has 2 aromatic carbocycles. The summed E-state index contributed by atoms with van der Waals surface area (Å²) in [6.45, 7) is 0. The molecule has 0 aromatic heterocycles. The van der Waals surface area contributed by atoms with Crippen LogP contribution < -0.4 is 6.14 Å². The van der Waals surface area contributed by atoms with Gasteiger partial charge in [-0.15, -0.1) is 0 Å². The van der Waals surface area contributed by atoms with Crippen molar-refractivity contribution in [1.82, 2.24) is 0 Å². The van der Waals surface area contributed by atoms with E-state index < -0.39 is 24.6 Å². The molecule has 0 spiro atoms. The predicted molar refractivity (Wildman–Crippen MR) is 51.1 cm³/mol. The zero-order chi connectivity index (χ0) is 8.67. The van der Waals surface area contributed by atoms with Crippen LogP contribution in [0, 0.1) is 0 Å². The third kappa shape index (κ3) is 1.16. The van der Waals surface area contributed by atoms with E-state index in [1.165, 1.54) is 11.1 Å². The Bertz CT molecular complexity index is 417. The van der Waals surface area contributed by atoms with Gasteiger partial charge in [0.1, 0.15) is 0 Å². The molecule has 1 heteroatoms. The molecule has 3 rings (SSSR count). The maximum atomic E-state index is 2.32. The Kier molecular flexibility index (Phi) is 1.76. The van der Waals surface area contributed by atoms with E-state index in [1.807, 2.05) is 0 Å². The van der Waals surface area contributed by atoms with Gasteiger partial charge < -0.3 is 0 Å². The van der Waals surface area contributed by atoms with E-state index in [0.717, 1.165) is 0 Å². The number of benzene rings is 2. The molecule has 0 amide bonds. The normalized spacial score (nSPS) is 11.1. The zero-order valence-corrected chi connectivity index (χ0v) is 12.8. The average molecular weight is 353 g/mol. The topological polar surface area (TPSA) is 0 Å². The van der Waals surface area contributed by atoms with E-state index in [2.05, 4.69) is 48.5 Å². The quantitative estimate of drug-likeness (QED) is 0.540. The molecule has 2 aromatic rings. The summed E-state index contributed by atoms with van der Waals surface area (Å²) in [7, 11) is 0. The molecule has 0 unspecified atom stereocenters. The van der Waals surface area contributed by atoms with Gasteiger partial charge in [-0.05, 0) is 0 Å². The Balaban J connectivity index is 2.32. The fraction of sp³-hybridized carbons (Fsp3) is 0. The molecule has 0 saturated carbocycles. The van der Waals surface area contributed by atoms with E-state index in [4.69, 9.17) is 0 Å². The van der Waals surface area contributed by atoms with E-state index in [0.29, 0.717) is 0 Å². The van der Waals surface area contributed by atoms with E-state index in [1.54, 1.807) is 6.14 Å². The second-order valence-corrected chi connectivity index (χ2v) is 10.8.